The normalized spacial score (nSPS) is 15.2. The number of aliphatic carboxylic acids is 1. The van der Waals surface area contributed by atoms with Gasteiger partial charge in [-0.1, -0.05) is 31.0 Å². The smallest absolute Gasteiger partial charge is 0.326 e. The van der Waals surface area contributed by atoms with Gasteiger partial charge < -0.3 is 10.4 Å². The van der Waals surface area contributed by atoms with Crippen molar-refractivity contribution < 1.29 is 14.7 Å². The summed E-state index contributed by atoms with van der Waals surface area (Å²) < 4.78 is 1.20. The first-order valence-electron chi connectivity index (χ1n) is 7.93. The lowest BCUT2D eigenvalue weighted by Crippen LogP contribution is -2.42. The summed E-state index contributed by atoms with van der Waals surface area (Å²) in [6.45, 7) is 0. The monoisotopic (exact) mass is 329 g/mol. The molecular weight excluding hydrogens is 310 g/mol. The van der Waals surface area contributed by atoms with Gasteiger partial charge in [-0.2, -0.15) is 5.10 Å². The maximum Gasteiger partial charge on any atom is 0.326 e. The van der Waals surface area contributed by atoms with Gasteiger partial charge in [0.1, 0.15) is 6.04 Å². The quantitative estimate of drug-likeness (QED) is 0.818. The summed E-state index contributed by atoms with van der Waals surface area (Å²) in [5.74, 6) is -1.03. The summed E-state index contributed by atoms with van der Waals surface area (Å²) in [6.07, 6.45) is 2.44. The number of carboxylic acids is 1. The van der Waals surface area contributed by atoms with Crippen LogP contribution in [0.25, 0.3) is 10.8 Å². The Morgan fingerprint density at radius 3 is 2.62 bits per heavy atom. The van der Waals surface area contributed by atoms with Crippen molar-refractivity contribution in [1.29, 1.82) is 0 Å². The Bertz CT molecular complexity index is 855. The number of carbonyl (C=O) groups is 2. The number of aryl methyl sites for hydroxylation is 1. The predicted molar refractivity (Wildman–Crippen MR) is 87.6 cm³/mol. The van der Waals surface area contributed by atoms with Crippen molar-refractivity contribution in [3.63, 3.8) is 0 Å². The number of nitrogens with zero attached hydrogens (tertiary/aromatic N) is 2. The molecule has 7 heteroatoms. The van der Waals surface area contributed by atoms with Gasteiger partial charge in [0.15, 0.2) is 0 Å². The molecule has 126 valence electrons. The maximum atomic E-state index is 12.3. The molecule has 24 heavy (non-hydrogen) atoms. The van der Waals surface area contributed by atoms with Crippen molar-refractivity contribution in [1.82, 2.24) is 15.1 Å². The van der Waals surface area contributed by atoms with E-state index in [4.69, 9.17) is 0 Å². The van der Waals surface area contributed by atoms with Crippen LogP contribution in [-0.4, -0.2) is 32.8 Å². The van der Waals surface area contributed by atoms with Gasteiger partial charge in [-0.25, -0.2) is 9.48 Å². The second kappa shape index (κ2) is 6.43. The number of aromatic nitrogens is 2. The third-order valence-electron chi connectivity index (χ3n) is 4.26. The minimum atomic E-state index is -1.02. The molecule has 7 nitrogen and oxygen atoms in total. The zero-order valence-corrected chi connectivity index (χ0v) is 13.4. The average molecular weight is 329 g/mol. The van der Waals surface area contributed by atoms with Crippen LogP contribution in [0.5, 0.6) is 0 Å². The maximum absolute atomic E-state index is 12.3. The molecule has 1 amide bonds. The fourth-order valence-corrected chi connectivity index (χ4v) is 2.81. The van der Waals surface area contributed by atoms with Gasteiger partial charge in [-0.3, -0.25) is 9.59 Å². The largest absolute Gasteiger partial charge is 0.480 e. The number of carboxylic acid groups (broad SMARTS) is 1. The molecular formula is C17H19N3O4. The Morgan fingerprint density at radius 1 is 1.33 bits per heavy atom. The number of carbonyl (C=O) groups excluding carboxylic acids is 1. The Labute approximate surface area is 138 Å². The number of nitrogens with one attached hydrogen (secondary N) is 1. The van der Waals surface area contributed by atoms with Crippen LogP contribution in [0.1, 0.15) is 25.0 Å². The van der Waals surface area contributed by atoms with Gasteiger partial charge >= 0.3 is 5.97 Å². The fraction of sp³-hybridized carbons (Fsp3) is 0.412. The van der Waals surface area contributed by atoms with Crippen LogP contribution in [0.15, 0.2) is 29.1 Å². The van der Waals surface area contributed by atoms with Crippen LogP contribution in [0.3, 0.4) is 0 Å². The molecule has 0 aliphatic heterocycles. The second-order valence-electron chi connectivity index (χ2n) is 6.24. The van der Waals surface area contributed by atoms with E-state index in [1.807, 2.05) is 0 Å². The lowest BCUT2D eigenvalue weighted by atomic mass is 10.1. The highest BCUT2D eigenvalue weighted by molar-refractivity contribution is 5.90. The molecule has 1 aliphatic carbocycles. The molecule has 1 saturated carbocycles. The predicted octanol–water partition coefficient (Wildman–Crippen LogP) is 0.845. The molecule has 2 N–H and O–H groups in total. The Balaban J connectivity index is 1.81. The molecule has 1 heterocycles. The summed E-state index contributed by atoms with van der Waals surface area (Å²) in [5, 5.41) is 17.1. The van der Waals surface area contributed by atoms with Crippen LogP contribution < -0.4 is 10.9 Å². The first kappa shape index (κ1) is 16.2. The minimum absolute atomic E-state index is 0.0664. The molecule has 0 saturated heterocycles. The molecule has 2 aromatic rings. The first-order chi connectivity index (χ1) is 11.5. The summed E-state index contributed by atoms with van der Waals surface area (Å²) in [5.41, 5.74) is 0.229. The molecule has 0 radical (unpaired) electrons. The summed E-state index contributed by atoms with van der Waals surface area (Å²) in [7, 11) is 1.53. The number of hydrogen-bond acceptors (Lipinski definition) is 4. The van der Waals surface area contributed by atoms with Gasteiger partial charge in [0, 0.05) is 12.4 Å². The molecule has 1 fully saturated rings. The van der Waals surface area contributed by atoms with Crippen LogP contribution in [0.4, 0.5) is 0 Å². The highest BCUT2D eigenvalue weighted by Crippen LogP contribution is 2.33. The van der Waals surface area contributed by atoms with E-state index in [1.165, 1.54) is 11.7 Å². The summed E-state index contributed by atoms with van der Waals surface area (Å²) >= 11 is 0. The average Bonchev–Trinajstić information content (AvgIpc) is 3.35. The molecule has 1 aromatic carbocycles. The molecule has 3 rings (SSSR count). The van der Waals surface area contributed by atoms with Crippen molar-refractivity contribution in [2.24, 2.45) is 13.0 Å². The van der Waals surface area contributed by atoms with Gasteiger partial charge in [0.2, 0.25) is 5.91 Å². The van der Waals surface area contributed by atoms with Crippen LogP contribution in [0, 0.1) is 5.92 Å². The molecule has 1 atom stereocenters. The zero-order chi connectivity index (χ0) is 17.3. The standard InChI is InChI=1S/C17H19N3O4/c1-20-16(22)12-5-3-2-4-11(12)13(19-20)9-15(21)18-14(17(23)24)8-10-6-7-10/h2-5,10,14H,6-9H2,1H3,(H,18,21)(H,23,24). The SMILES string of the molecule is Cn1nc(CC(=O)NC(CC2CC2)C(=O)O)c2ccccc2c1=O. The van der Waals surface area contributed by atoms with E-state index in [9.17, 15) is 19.5 Å². The van der Waals surface area contributed by atoms with Crippen molar-refractivity contribution in [2.75, 3.05) is 0 Å². The molecule has 1 aromatic heterocycles. The molecule has 1 unspecified atom stereocenters. The minimum Gasteiger partial charge on any atom is -0.480 e. The van der Waals surface area contributed by atoms with Crippen molar-refractivity contribution in [2.45, 2.75) is 31.7 Å². The number of amides is 1. The van der Waals surface area contributed by atoms with Crippen LogP contribution >= 0.6 is 0 Å². The Hall–Kier alpha value is -2.70. The van der Waals surface area contributed by atoms with E-state index in [0.717, 1.165) is 12.8 Å². The van der Waals surface area contributed by atoms with E-state index in [0.29, 0.717) is 28.8 Å². The van der Waals surface area contributed by atoms with E-state index in [2.05, 4.69) is 10.4 Å². The topological polar surface area (TPSA) is 101 Å². The Morgan fingerprint density at radius 2 is 2.00 bits per heavy atom. The first-order valence-corrected chi connectivity index (χ1v) is 7.93. The van der Waals surface area contributed by atoms with E-state index >= 15 is 0 Å². The second-order valence-corrected chi connectivity index (χ2v) is 6.24. The lowest BCUT2D eigenvalue weighted by Gasteiger charge is -2.14. The van der Waals surface area contributed by atoms with Gasteiger partial charge in [0.25, 0.3) is 5.56 Å². The lowest BCUT2D eigenvalue weighted by molar-refractivity contribution is -0.142. The number of fused-ring (bicyclic) bond motifs is 1. The molecule has 0 spiro atoms. The summed E-state index contributed by atoms with van der Waals surface area (Å²) in [4.78, 5) is 35.6. The summed E-state index contributed by atoms with van der Waals surface area (Å²) in [6, 6.07) is 6.09. The van der Waals surface area contributed by atoms with E-state index in [-0.39, 0.29) is 12.0 Å². The fourth-order valence-electron chi connectivity index (χ4n) is 2.81. The highest BCUT2D eigenvalue weighted by atomic mass is 16.4. The van der Waals surface area contributed by atoms with Crippen LogP contribution in [0.2, 0.25) is 0 Å². The van der Waals surface area contributed by atoms with E-state index < -0.39 is 17.9 Å². The third-order valence-corrected chi connectivity index (χ3v) is 4.26. The van der Waals surface area contributed by atoms with Crippen LogP contribution in [-0.2, 0) is 23.1 Å². The van der Waals surface area contributed by atoms with Gasteiger partial charge in [-0.05, 0) is 18.4 Å². The van der Waals surface area contributed by atoms with Crippen molar-refractivity contribution in [3.8, 4) is 0 Å². The van der Waals surface area contributed by atoms with Crippen molar-refractivity contribution >= 4 is 22.6 Å². The Kier molecular flexibility index (Phi) is 4.33. The van der Waals surface area contributed by atoms with Gasteiger partial charge in [0.05, 0.1) is 17.5 Å². The van der Waals surface area contributed by atoms with E-state index in [1.54, 1.807) is 24.3 Å². The number of hydrogen-bond donors (Lipinski definition) is 2. The third kappa shape index (κ3) is 3.45. The number of benzene rings is 1. The zero-order valence-electron chi connectivity index (χ0n) is 13.4. The molecule has 0 bridgehead atoms. The molecule has 1 aliphatic rings. The number of rotatable bonds is 6. The highest BCUT2D eigenvalue weighted by Gasteiger charge is 2.30. The van der Waals surface area contributed by atoms with Gasteiger partial charge in [-0.15, -0.1) is 0 Å². The van der Waals surface area contributed by atoms with Crippen molar-refractivity contribution in [3.05, 3.63) is 40.3 Å².